The summed E-state index contributed by atoms with van der Waals surface area (Å²) in [5.74, 6) is 0.393. The molecular weight excluding hydrogens is 234 g/mol. The van der Waals surface area contributed by atoms with Crippen molar-refractivity contribution in [2.45, 2.75) is 26.4 Å². The van der Waals surface area contributed by atoms with Gasteiger partial charge >= 0.3 is 0 Å². The molecule has 0 bridgehead atoms. The first-order valence-electron chi connectivity index (χ1n) is 5.69. The Kier molecular flexibility index (Phi) is 3.65. The molecule has 0 N–H and O–H groups in total. The monoisotopic (exact) mass is 249 g/mol. The molecule has 0 aliphatic carbocycles. The molecule has 0 unspecified atom stereocenters. The minimum Gasteiger partial charge on any atom is -0.378 e. The number of benzene rings is 1. The van der Waals surface area contributed by atoms with E-state index in [1.807, 2.05) is 18.3 Å². The molecule has 2 nitrogen and oxygen atoms in total. The Bertz CT molecular complexity index is 537. The van der Waals surface area contributed by atoms with Crippen LogP contribution < -0.4 is 0 Å². The smallest absolute Gasteiger partial charge is 0.0884 e. The quantitative estimate of drug-likeness (QED) is 0.815. The van der Waals surface area contributed by atoms with E-state index in [1.165, 1.54) is 10.9 Å². The van der Waals surface area contributed by atoms with Crippen molar-refractivity contribution in [2.24, 2.45) is 0 Å². The maximum Gasteiger partial charge on any atom is 0.0884 e. The van der Waals surface area contributed by atoms with Crippen molar-refractivity contribution < 1.29 is 4.74 Å². The molecule has 0 amide bonds. The van der Waals surface area contributed by atoms with E-state index in [0.717, 1.165) is 16.1 Å². The zero-order valence-corrected chi connectivity index (χ0v) is 11.1. The highest BCUT2D eigenvalue weighted by molar-refractivity contribution is 6.32. The minimum atomic E-state index is 0.393. The molecule has 0 aliphatic heterocycles. The van der Waals surface area contributed by atoms with Crippen LogP contribution in [0.5, 0.6) is 0 Å². The van der Waals surface area contributed by atoms with Crippen LogP contribution >= 0.6 is 11.6 Å². The van der Waals surface area contributed by atoms with Crippen LogP contribution in [0.15, 0.2) is 24.4 Å². The number of nitrogens with zero attached hydrogens (tertiary/aromatic N) is 1. The third-order valence-electron chi connectivity index (χ3n) is 2.82. The summed E-state index contributed by atoms with van der Waals surface area (Å²) < 4.78 is 5.11. The molecule has 0 saturated heterocycles. The zero-order valence-electron chi connectivity index (χ0n) is 10.3. The van der Waals surface area contributed by atoms with Gasteiger partial charge in [-0.1, -0.05) is 31.5 Å². The molecule has 0 saturated carbocycles. The summed E-state index contributed by atoms with van der Waals surface area (Å²) in [5.41, 5.74) is 2.12. The van der Waals surface area contributed by atoms with Crippen LogP contribution in [0, 0.1) is 0 Å². The van der Waals surface area contributed by atoms with Crippen LogP contribution in [-0.4, -0.2) is 12.1 Å². The molecule has 1 aromatic carbocycles. The van der Waals surface area contributed by atoms with Crippen molar-refractivity contribution >= 4 is 22.4 Å². The van der Waals surface area contributed by atoms with Crippen molar-refractivity contribution in [1.29, 1.82) is 0 Å². The van der Waals surface area contributed by atoms with E-state index in [9.17, 15) is 0 Å². The summed E-state index contributed by atoms with van der Waals surface area (Å²) in [5, 5.41) is 3.12. The van der Waals surface area contributed by atoms with E-state index in [-0.39, 0.29) is 0 Å². The summed E-state index contributed by atoms with van der Waals surface area (Å²) in [4.78, 5) is 4.36. The lowest BCUT2D eigenvalue weighted by Crippen LogP contribution is -1.96. The summed E-state index contributed by atoms with van der Waals surface area (Å²) >= 11 is 6.28. The maximum atomic E-state index is 6.28. The number of hydrogen-bond acceptors (Lipinski definition) is 2. The SMILES string of the molecule is COCc1cc2c(C(C)C)c(Cl)ccc2cn1. The van der Waals surface area contributed by atoms with Crippen LogP contribution in [0.2, 0.25) is 5.02 Å². The molecule has 1 aromatic heterocycles. The fourth-order valence-corrected chi connectivity index (χ4v) is 2.45. The van der Waals surface area contributed by atoms with Gasteiger partial charge in [0, 0.05) is 23.7 Å². The summed E-state index contributed by atoms with van der Waals surface area (Å²) in [6.07, 6.45) is 1.88. The van der Waals surface area contributed by atoms with E-state index in [4.69, 9.17) is 16.3 Å². The van der Waals surface area contributed by atoms with Crippen LogP contribution in [0.25, 0.3) is 10.8 Å². The predicted octanol–water partition coefficient (Wildman–Crippen LogP) is 4.16. The third kappa shape index (κ3) is 2.43. The molecule has 2 aromatic rings. The molecule has 3 heteroatoms. The van der Waals surface area contributed by atoms with E-state index >= 15 is 0 Å². The van der Waals surface area contributed by atoms with Gasteiger partial charge < -0.3 is 4.74 Å². The second kappa shape index (κ2) is 5.03. The van der Waals surface area contributed by atoms with E-state index in [2.05, 4.69) is 24.9 Å². The highest BCUT2D eigenvalue weighted by Gasteiger charge is 2.10. The first-order chi connectivity index (χ1) is 8.13. The number of aromatic nitrogens is 1. The molecule has 1 heterocycles. The first kappa shape index (κ1) is 12.3. The zero-order chi connectivity index (χ0) is 12.4. The van der Waals surface area contributed by atoms with Crippen molar-refractivity contribution in [2.75, 3.05) is 7.11 Å². The van der Waals surface area contributed by atoms with E-state index in [1.54, 1.807) is 7.11 Å². The highest BCUT2D eigenvalue weighted by atomic mass is 35.5. The van der Waals surface area contributed by atoms with Gasteiger partial charge in [-0.05, 0) is 29.0 Å². The Morgan fingerprint density at radius 3 is 2.76 bits per heavy atom. The van der Waals surface area contributed by atoms with Gasteiger partial charge in [0.25, 0.3) is 0 Å². The number of halogens is 1. The Labute approximate surface area is 107 Å². The topological polar surface area (TPSA) is 22.1 Å². The van der Waals surface area contributed by atoms with Crippen LogP contribution in [-0.2, 0) is 11.3 Å². The lowest BCUT2D eigenvalue weighted by molar-refractivity contribution is 0.181. The second-order valence-electron chi connectivity index (χ2n) is 4.45. The minimum absolute atomic E-state index is 0.393. The highest BCUT2D eigenvalue weighted by Crippen LogP contribution is 2.32. The number of rotatable bonds is 3. The van der Waals surface area contributed by atoms with Gasteiger partial charge in [-0.2, -0.15) is 0 Å². The van der Waals surface area contributed by atoms with E-state index < -0.39 is 0 Å². The van der Waals surface area contributed by atoms with Crippen LogP contribution in [0.1, 0.15) is 31.0 Å². The first-order valence-corrected chi connectivity index (χ1v) is 6.07. The lowest BCUT2D eigenvalue weighted by Gasteiger charge is -2.13. The Morgan fingerprint density at radius 2 is 2.12 bits per heavy atom. The number of pyridine rings is 1. The number of hydrogen-bond donors (Lipinski definition) is 0. The summed E-state index contributed by atoms with van der Waals surface area (Å²) in [7, 11) is 1.67. The predicted molar refractivity (Wildman–Crippen MR) is 71.6 cm³/mol. The van der Waals surface area contributed by atoms with Gasteiger partial charge in [0.05, 0.1) is 12.3 Å². The fourth-order valence-electron chi connectivity index (χ4n) is 2.07. The van der Waals surface area contributed by atoms with Crippen LogP contribution in [0.3, 0.4) is 0 Å². The van der Waals surface area contributed by atoms with Crippen molar-refractivity contribution in [1.82, 2.24) is 4.98 Å². The van der Waals surface area contributed by atoms with Gasteiger partial charge in [0.2, 0.25) is 0 Å². The van der Waals surface area contributed by atoms with Crippen LogP contribution in [0.4, 0.5) is 0 Å². The molecule has 0 spiro atoms. The average Bonchev–Trinajstić information content (AvgIpc) is 2.28. The Hall–Kier alpha value is -1.12. The van der Waals surface area contributed by atoms with Gasteiger partial charge in [-0.15, -0.1) is 0 Å². The summed E-state index contributed by atoms with van der Waals surface area (Å²) in [6, 6.07) is 6.02. The fraction of sp³-hybridized carbons (Fsp3) is 0.357. The van der Waals surface area contributed by atoms with Gasteiger partial charge in [-0.25, -0.2) is 0 Å². The van der Waals surface area contributed by atoms with Gasteiger partial charge in [-0.3, -0.25) is 4.98 Å². The van der Waals surface area contributed by atoms with Gasteiger partial charge in [0.1, 0.15) is 0 Å². The lowest BCUT2D eigenvalue weighted by atomic mass is 9.96. The second-order valence-corrected chi connectivity index (χ2v) is 4.85. The molecule has 2 rings (SSSR count). The van der Waals surface area contributed by atoms with Crippen molar-refractivity contribution in [3.63, 3.8) is 0 Å². The Balaban J connectivity index is 2.67. The van der Waals surface area contributed by atoms with Crippen molar-refractivity contribution in [3.05, 3.63) is 40.7 Å². The molecular formula is C14H16ClNO. The molecule has 0 radical (unpaired) electrons. The Morgan fingerprint density at radius 1 is 1.35 bits per heavy atom. The maximum absolute atomic E-state index is 6.28. The number of ether oxygens (including phenoxy) is 1. The largest absolute Gasteiger partial charge is 0.378 e. The number of methoxy groups -OCH3 is 1. The molecule has 0 fully saturated rings. The molecule has 0 aliphatic rings. The molecule has 17 heavy (non-hydrogen) atoms. The third-order valence-corrected chi connectivity index (χ3v) is 3.15. The molecule has 90 valence electrons. The van der Waals surface area contributed by atoms with Gasteiger partial charge in [0.15, 0.2) is 0 Å². The standard InChI is InChI=1S/C14H16ClNO/c1-9(2)14-12-6-11(8-17-3)16-7-10(12)4-5-13(14)15/h4-7,9H,8H2,1-3H3. The van der Waals surface area contributed by atoms with Crippen molar-refractivity contribution in [3.8, 4) is 0 Å². The molecule has 0 atom stereocenters. The summed E-state index contributed by atoms with van der Waals surface area (Å²) in [6.45, 7) is 4.83. The normalized spacial score (nSPS) is 11.4. The number of fused-ring (bicyclic) bond motifs is 1. The average molecular weight is 250 g/mol. The van der Waals surface area contributed by atoms with E-state index in [0.29, 0.717) is 12.5 Å².